The van der Waals surface area contributed by atoms with Crippen molar-refractivity contribution >= 4 is 0 Å². The Labute approximate surface area is 207 Å². The molecule has 6 aliphatic rings. The van der Waals surface area contributed by atoms with E-state index in [2.05, 4.69) is 49.1 Å². The molecule has 7 rings (SSSR count). The van der Waals surface area contributed by atoms with Gasteiger partial charge in [0.25, 0.3) is 0 Å². The summed E-state index contributed by atoms with van der Waals surface area (Å²) in [5.74, 6) is 4.17. The van der Waals surface area contributed by atoms with E-state index in [4.69, 9.17) is 4.74 Å². The van der Waals surface area contributed by atoms with Gasteiger partial charge < -0.3 is 9.64 Å². The minimum absolute atomic E-state index is 0. The van der Waals surface area contributed by atoms with Crippen molar-refractivity contribution in [2.45, 2.75) is 110 Å². The Kier molecular flexibility index (Phi) is 5.43. The molecule has 1 N–H and O–H groups in total. The third kappa shape index (κ3) is 3.26. The second-order valence-corrected chi connectivity index (χ2v) is 13.5. The number of hydrogen-bond donors (Lipinski definition) is 1. The highest BCUT2D eigenvalue weighted by Crippen LogP contribution is 2.64. The summed E-state index contributed by atoms with van der Waals surface area (Å²) < 4.78 is 7.04. The van der Waals surface area contributed by atoms with E-state index in [1.807, 2.05) is 5.57 Å². The van der Waals surface area contributed by atoms with Crippen LogP contribution in [0.3, 0.4) is 0 Å². The summed E-state index contributed by atoms with van der Waals surface area (Å²) in [7, 11) is 2.34. The molecule has 4 aliphatic carbocycles. The van der Waals surface area contributed by atoms with Crippen LogP contribution in [0.5, 0.6) is 0 Å². The number of rotatable bonds is 0. The van der Waals surface area contributed by atoms with Crippen LogP contribution in [0.2, 0.25) is 0 Å². The monoisotopic (exact) mass is 465 g/mol. The van der Waals surface area contributed by atoms with Crippen molar-refractivity contribution in [2.75, 3.05) is 13.6 Å². The van der Waals surface area contributed by atoms with Crippen LogP contribution in [0.4, 0.5) is 0 Å². The molecule has 3 heterocycles. The van der Waals surface area contributed by atoms with E-state index in [1.54, 1.807) is 5.57 Å². The van der Waals surface area contributed by atoms with E-state index in [-0.39, 0.29) is 13.0 Å². The Morgan fingerprint density at radius 2 is 2.03 bits per heavy atom. The predicted octanol–water partition coefficient (Wildman–Crippen LogP) is 6.18. The highest BCUT2D eigenvalue weighted by atomic mass is 16.5. The van der Waals surface area contributed by atoms with Crippen LogP contribution in [0.1, 0.15) is 90.8 Å². The number of nitrogens with one attached hydrogen (secondary N) is 1. The fraction of sp³-hybridized carbons (Fsp3) is 0.833. The Morgan fingerprint density at radius 3 is 2.88 bits per heavy atom. The van der Waals surface area contributed by atoms with Crippen LogP contribution in [-0.2, 0) is 17.6 Å². The molecular formula is C30H47N3O. The van der Waals surface area contributed by atoms with Gasteiger partial charge in [-0.25, -0.2) is 0 Å². The maximum absolute atomic E-state index is 7.04. The lowest BCUT2D eigenvalue weighted by molar-refractivity contribution is -0.0722. The fourth-order valence-corrected chi connectivity index (χ4v) is 10.1. The van der Waals surface area contributed by atoms with Crippen molar-refractivity contribution in [1.82, 2.24) is 15.1 Å². The molecule has 1 aromatic heterocycles. The van der Waals surface area contributed by atoms with Crippen molar-refractivity contribution in [3.05, 3.63) is 28.6 Å². The SMILES string of the molecule is C.CC1=C2CC3C(CCC4Cc5[nH]ncc5CC43C)C2CCC2(C1)CC1C(CC(C)CN1C)O2. The summed E-state index contributed by atoms with van der Waals surface area (Å²) in [4.78, 5) is 2.62. The molecule has 2 saturated heterocycles. The fourth-order valence-electron chi connectivity index (χ4n) is 10.1. The quantitative estimate of drug-likeness (QED) is 0.465. The van der Waals surface area contributed by atoms with Gasteiger partial charge in [0.05, 0.1) is 17.9 Å². The smallest absolute Gasteiger partial charge is 0.0741 e. The highest BCUT2D eigenvalue weighted by Gasteiger charge is 2.58. The molecule has 2 saturated carbocycles. The van der Waals surface area contributed by atoms with Gasteiger partial charge in [-0.05, 0) is 119 Å². The minimum Gasteiger partial charge on any atom is -0.370 e. The Balaban J connectivity index is 0.00000217. The first-order chi connectivity index (χ1) is 15.9. The molecule has 0 aromatic carbocycles. The van der Waals surface area contributed by atoms with Crippen molar-refractivity contribution in [1.29, 1.82) is 0 Å². The number of piperidine rings is 1. The minimum atomic E-state index is 0. The van der Waals surface area contributed by atoms with Gasteiger partial charge in [0.15, 0.2) is 0 Å². The number of ether oxygens (including phenoxy) is 1. The van der Waals surface area contributed by atoms with Crippen molar-refractivity contribution in [2.24, 2.45) is 35.0 Å². The number of aromatic amines is 1. The topological polar surface area (TPSA) is 41.2 Å². The van der Waals surface area contributed by atoms with Crippen molar-refractivity contribution < 1.29 is 4.74 Å². The summed E-state index contributed by atoms with van der Waals surface area (Å²) >= 11 is 0. The molecule has 0 bridgehead atoms. The third-order valence-corrected chi connectivity index (χ3v) is 11.6. The second kappa shape index (κ2) is 7.93. The summed E-state index contributed by atoms with van der Waals surface area (Å²) in [6.07, 6.45) is 15.6. The molecule has 9 atom stereocenters. The Bertz CT molecular complexity index is 981. The lowest BCUT2D eigenvalue weighted by Gasteiger charge is -2.52. The van der Waals surface area contributed by atoms with Crippen molar-refractivity contribution in [3.63, 3.8) is 0 Å². The molecule has 0 radical (unpaired) electrons. The molecule has 188 valence electrons. The maximum Gasteiger partial charge on any atom is 0.0741 e. The van der Waals surface area contributed by atoms with E-state index >= 15 is 0 Å². The van der Waals surface area contributed by atoms with Gasteiger partial charge in [-0.15, -0.1) is 0 Å². The maximum atomic E-state index is 7.04. The molecule has 4 heteroatoms. The molecule has 34 heavy (non-hydrogen) atoms. The third-order valence-electron chi connectivity index (χ3n) is 11.6. The lowest BCUT2D eigenvalue weighted by Crippen LogP contribution is -2.47. The largest absolute Gasteiger partial charge is 0.370 e. The first-order valence-corrected chi connectivity index (χ1v) is 13.9. The first kappa shape index (κ1) is 23.3. The number of H-pyrrole nitrogens is 1. The van der Waals surface area contributed by atoms with Crippen LogP contribution in [0.25, 0.3) is 0 Å². The van der Waals surface area contributed by atoms with Crippen LogP contribution >= 0.6 is 0 Å². The lowest BCUT2D eigenvalue weighted by atomic mass is 9.52. The van der Waals surface area contributed by atoms with Crippen LogP contribution in [0, 0.1) is 35.0 Å². The van der Waals surface area contributed by atoms with Crippen LogP contribution in [-0.4, -0.2) is 46.4 Å². The van der Waals surface area contributed by atoms with Gasteiger partial charge in [0.2, 0.25) is 0 Å². The first-order valence-electron chi connectivity index (χ1n) is 13.9. The number of likely N-dealkylation sites (N-methyl/N-ethyl adjacent to an activating group) is 1. The number of allylic oxidation sites excluding steroid dienone is 1. The molecule has 4 nitrogen and oxygen atoms in total. The highest BCUT2D eigenvalue weighted by molar-refractivity contribution is 5.31. The molecule has 0 amide bonds. The van der Waals surface area contributed by atoms with E-state index in [1.165, 1.54) is 82.0 Å². The Morgan fingerprint density at radius 1 is 1.18 bits per heavy atom. The number of hydrogen-bond acceptors (Lipinski definition) is 3. The van der Waals surface area contributed by atoms with Gasteiger partial charge in [-0.2, -0.15) is 5.10 Å². The second-order valence-electron chi connectivity index (χ2n) is 13.5. The number of fused-ring (bicyclic) bond motifs is 7. The predicted molar refractivity (Wildman–Crippen MR) is 138 cm³/mol. The summed E-state index contributed by atoms with van der Waals surface area (Å²) in [6.45, 7) is 8.78. The molecule has 1 aromatic rings. The van der Waals surface area contributed by atoms with Gasteiger partial charge in [0.1, 0.15) is 0 Å². The van der Waals surface area contributed by atoms with E-state index in [0.29, 0.717) is 17.6 Å². The molecule has 4 fully saturated rings. The summed E-state index contributed by atoms with van der Waals surface area (Å²) in [5, 5.41) is 7.72. The summed E-state index contributed by atoms with van der Waals surface area (Å²) in [6, 6.07) is 0.644. The number of aromatic nitrogens is 2. The van der Waals surface area contributed by atoms with E-state index in [9.17, 15) is 0 Å². The van der Waals surface area contributed by atoms with Crippen LogP contribution < -0.4 is 0 Å². The van der Waals surface area contributed by atoms with E-state index < -0.39 is 0 Å². The normalized spacial score (nSPS) is 47.8. The van der Waals surface area contributed by atoms with Gasteiger partial charge in [-0.1, -0.05) is 32.4 Å². The van der Waals surface area contributed by atoms with Gasteiger partial charge >= 0.3 is 0 Å². The van der Waals surface area contributed by atoms with Gasteiger partial charge in [0, 0.05) is 18.3 Å². The average molecular weight is 466 g/mol. The van der Waals surface area contributed by atoms with Gasteiger partial charge in [-0.3, -0.25) is 5.10 Å². The molecule has 9 unspecified atom stereocenters. The van der Waals surface area contributed by atoms with E-state index in [0.717, 1.165) is 29.6 Å². The zero-order chi connectivity index (χ0) is 22.5. The molecule has 2 aliphatic heterocycles. The number of likely N-dealkylation sites (tertiary alicyclic amines) is 1. The standard InChI is InChI=1S/C29H43N3O.CH4/c1-17-9-27-26(32(4)16-17)14-29(33-27)8-7-21-22-6-5-20-10-25-19(15-30-31-25)13-28(20,3)24(22)11-23(21)18(2)12-29;/h15,17,20-22,24,26-27H,5-14,16H2,1-4H3,(H,30,31);1H4. The zero-order valence-corrected chi connectivity index (χ0v) is 21.2. The van der Waals surface area contributed by atoms with Crippen molar-refractivity contribution in [3.8, 4) is 0 Å². The van der Waals surface area contributed by atoms with Crippen LogP contribution in [0.15, 0.2) is 17.3 Å². The Hall–Kier alpha value is -1.13. The summed E-state index contributed by atoms with van der Waals surface area (Å²) in [5.41, 5.74) is 7.07. The zero-order valence-electron chi connectivity index (χ0n) is 21.2. The average Bonchev–Trinajstić information content (AvgIpc) is 3.43. The molecular weight excluding hydrogens is 418 g/mol. The molecule has 1 spiro atoms. The number of nitrogens with zero attached hydrogens (tertiary/aromatic N) is 2.